The van der Waals surface area contributed by atoms with Crippen molar-refractivity contribution >= 4 is 5.91 Å². The van der Waals surface area contributed by atoms with Gasteiger partial charge >= 0.3 is 0 Å². The number of benzene rings is 4. The third-order valence-electron chi connectivity index (χ3n) is 7.56. The molecule has 4 aromatic carbocycles. The van der Waals surface area contributed by atoms with Gasteiger partial charge in [-0.1, -0.05) is 109 Å². The summed E-state index contributed by atoms with van der Waals surface area (Å²) in [6.45, 7) is 2.04. The minimum atomic E-state index is -0.0408. The van der Waals surface area contributed by atoms with E-state index < -0.39 is 0 Å². The molecule has 0 aliphatic carbocycles. The third kappa shape index (κ3) is 4.17. The third-order valence-corrected chi connectivity index (χ3v) is 7.56. The topological polar surface area (TPSA) is 23.6 Å². The molecule has 0 bridgehead atoms. The smallest absolute Gasteiger partial charge is 0.237 e. The molecule has 0 saturated heterocycles. The molecular weight excluding hydrogens is 428 g/mol. The summed E-state index contributed by atoms with van der Waals surface area (Å²) in [6.07, 6.45) is 1.87. The van der Waals surface area contributed by atoms with E-state index in [0.29, 0.717) is 6.54 Å². The summed E-state index contributed by atoms with van der Waals surface area (Å²) in [5.41, 5.74) is 7.73. The lowest BCUT2D eigenvalue weighted by Gasteiger charge is -2.41. The predicted octanol–water partition coefficient (Wildman–Crippen LogP) is 5.81. The molecule has 35 heavy (non-hydrogen) atoms. The summed E-state index contributed by atoms with van der Waals surface area (Å²) < 4.78 is 0. The Labute approximate surface area is 207 Å². The van der Waals surface area contributed by atoms with Gasteiger partial charge in [0.15, 0.2) is 0 Å². The van der Waals surface area contributed by atoms with Gasteiger partial charge in [0.2, 0.25) is 5.91 Å². The Morgan fingerprint density at radius 2 is 1.09 bits per heavy atom. The highest BCUT2D eigenvalue weighted by Crippen LogP contribution is 2.37. The molecule has 2 aliphatic rings. The van der Waals surface area contributed by atoms with Crippen molar-refractivity contribution in [1.29, 1.82) is 0 Å². The molecule has 2 aliphatic heterocycles. The molecule has 0 N–H and O–H groups in total. The first-order valence-corrected chi connectivity index (χ1v) is 12.6. The van der Waals surface area contributed by atoms with Crippen LogP contribution in [0.25, 0.3) is 0 Å². The van der Waals surface area contributed by atoms with Crippen LogP contribution in [0.4, 0.5) is 0 Å². The van der Waals surface area contributed by atoms with Crippen LogP contribution >= 0.6 is 0 Å². The lowest BCUT2D eigenvalue weighted by atomic mass is 9.87. The zero-order chi connectivity index (χ0) is 23.6. The second-order valence-corrected chi connectivity index (χ2v) is 9.58. The average Bonchev–Trinajstić information content (AvgIpc) is 2.93. The van der Waals surface area contributed by atoms with Gasteiger partial charge in [0.05, 0.1) is 18.6 Å². The van der Waals surface area contributed by atoms with Gasteiger partial charge in [-0.05, 0) is 46.2 Å². The van der Waals surface area contributed by atoms with Crippen LogP contribution in [0.1, 0.15) is 45.5 Å². The normalized spacial score (nSPS) is 19.6. The maximum absolute atomic E-state index is 14.0. The lowest BCUT2D eigenvalue weighted by Crippen LogP contribution is -2.48. The van der Waals surface area contributed by atoms with Crippen molar-refractivity contribution in [3.8, 4) is 0 Å². The second-order valence-electron chi connectivity index (χ2n) is 9.58. The number of carbonyl (C=O) groups excluding carboxylic acids is 1. The molecule has 2 atom stereocenters. The standard InChI is InChI=1S/C32H30N2O/c35-30(34-22-20-25-12-8-10-18-29(25)32(34)27-15-5-2-6-16-27)23-33-21-19-24-11-7-9-17-28(24)31(33)26-13-3-1-4-14-26/h1-18,31-32H,19-23H2/t31-,32+/m1/s1. The van der Waals surface area contributed by atoms with Gasteiger partial charge in [0.1, 0.15) is 0 Å². The van der Waals surface area contributed by atoms with Crippen LogP contribution in [0.2, 0.25) is 0 Å². The maximum atomic E-state index is 14.0. The van der Waals surface area contributed by atoms with Crippen LogP contribution in [0.15, 0.2) is 109 Å². The zero-order valence-corrected chi connectivity index (χ0v) is 19.9. The summed E-state index contributed by atoms with van der Waals surface area (Å²) in [7, 11) is 0. The number of amides is 1. The largest absolute Gasteiger partial charge is 0.330 e. The van der Waals surface area contributed by atoms with E-state index in [9.17, 15) is 4.79 Å². The number of fused-ring (bicyclic) bond motifs is 2. The first kappa shape index (κ1) is 21.8. The Bertz CT molecular complexity index is 1320. The molecule has 2 heterocycles. The molecule has 0 saturated carbocycles. The van der Waals surface area contributed by atoms with Crippen LogP contribution in [-0.4, -0.2) is 35.3 Å². The van der Waals surface area contributed by atoms with Crippen molar-refractivity contribution in [2.75, 3.05) is 19.6 Å². The molecular formula is C32H30N2O. The quantitative estimate of drug-likeness (QED) is 0.385. The first-order chi connectivity index (χ1) is 17.3. The van der Waals surface area contributed by atoms with Crippen molar-refractivity contribution in [1.82, 2.24) is 9.80 Å². The van der Waals surface area contributed by atoms with E-state index in [1.54, 1.807) is 0 Å². The van der Waals surface area contributed by atoms with Gasteiger partial charge < -0.3 is 4.90 Å². The lowest BCUT2D eigenvalue weighted by molar-refractivity contribution is -0.135. The van der Waals surface area contributed by atoms with Crippen molar-refractivity contribution in [3.63, 3.8) is 0 Å². The van der Waals surface area contributed by atoms with Gasteiger partial charge in [-0.25, -0.2) is 0 Å². The number of rotatable bonds is 4. The minimum absolute atomic E-state index is 0.0408. The Balaban J connectivity index is 1.34. The van der Waals surface area contributed by atoms with Crippen LogP contribution in [0.3, 0.4) is 0 Å². The molecule has 174 valence electrons. The fourth-order valence-electron chi connectivity index (χ4n) is 5.91. The zero-order valence-electron chi connectivity index (χ0n) is 19.9. The van der Waals surface area contributed by atoms with Crippen LogP contribution < -0.4 is 0 Å². The highest BCUT2D eigenvalue weighted by Gasteiger charge is 2.35. The predicted molar refractivity (Wildman–Crippen MR) is 140 cm³/mol. The second kappa shape index (κ2) is 9.52. The molecule has 0 radical (unpaired) electrons. The summed E-state index contributed by atoms with van der Waals surface area (Å²) in [6, 6.07) is 38.5. The molecule has 0 aromatic heterocycles. The minimum Gasteiger partial charge on any atom is -0.330 e. The number of carbonyl (C=O) groups is 1. The van der Waals surface area contributed by atoms with Crippen LogP contribution in [0.5, 0.6) is 0 Å². The first-order valence-electron chi connectivity index (χ1n) is 12.6. The fourth-order valence-corrected chi connectivity index (χ4v) is 5.91. The molecule has 1 amide bonds. The van der Waals surface area contributed by atoms with Crippen molar-refractivity contribution in [2.24, 2.45) is 0 Å². The Kier molecular flexibility index (Phi) is 5.93. The fraction of sp³-hybridized carbons (Fsp3) is 0.219. The SMILES string of the molecule is O=C(CN1CCc2ccccc2[C@H]1c1ccccc1)N1CCc2ccccc2[C@@H]1c1ccccc1. The van der Waals surface area contributed by atoms with E-state index in [4.69, 9.17) is 0 Å². The highest BCUT2D eigenvalue weighted by molar-refractivity contribution is 5.80. The summed E-state index contributed by atoms with van der Waals surface area (Å²) in [4.78, 5) is 18.5. The van der Waals surface area contributed by atoms with Crippen molar-refractivity contribution in [3.05, 3.63) is 143 Å². The van der Waals surface area contributed by atoms with E-state index in [1.807, 2.05) is 6.07 Å². The number of hydrogen-bond donors (Lipinski definition) is 0. The van der Waals surface area contributed by atoms with Gasteiger partial charge in [0.25, 0.3) is 0 Å². The van der Waals surface area contributed by atoms with E-state index in [-0.39, 0.29) is 18.0 Å². The molecule has 0 fully saturated rings. The van der Waals surface area contributed by atoms with Crippen LogP contribution in [0, 0.1) is 0 Å². The summed E-state index contributed by atoms with van der Waals surface area (Å²) in [5.74, 6) is 0.202. The van der Waals surface area contributed by atoms with Crippen molar-refractivity contribution in [2.45, 2.75) is 24.9 Å². The molecule has 0 spiro atoms. The average molecular weight is 459 g/mol. The number of hydrogen-bond acceptors (Lipinski definition) is 2. The van der Waals surface area contributed by atoms with Gasteiger partial charge in [-0.15, -0.1) is 0 Å². The molecule has 3 heteroatoms. The molecule has 3 nitrogen and oxygen atoms in total. The molecule has 0 unspecified atom stereocenters. The monoisotopic (exact) mass is 458 g/mol. The Morgan fingerprint density at radius 1 is 0.600 bits per heavy atom. The Hall–Kier alpha value is -3.69. The van der Waals surface area contributed by atoms with E-state index in [2.05, 4.69) is 113 Å². The summed E-state index contributed by atoms with van der Waals surface area (Å²) in [5, 5.41) is 0. The maximum Gasteiger partial charge on any atom is 0.237 e. The van der Waals surface area contributed by atoms with Gasteiger partial charge in [0, 0.05) is 13.1 Å². The molecule has 6 rings (SSSR count). The van der Waals surface area contributed by atoms with Crippen molar-refractivity contribution < 1.29 is 4.79 Å². The van der Waals surface area contributed by atoms with Gasteiger partial charge in [-0.3, -0.25) is 9.69 Å². The van der Waals surface area contributed by atoms with Crippen LogP contribution in [-0.2, 0) is 17.6 Å². The van der Waals surface area contributed by atoms with E-state index in [0.717, 1.165) is 25.9 Å². The van der Waals surface area contributed by atoms with E-state index >= 15 is 0 Å². The summed E-state index contributed by atoms with van der Waals surface area (Å²) >= 11 is 0. The van der Waals surface area contributed by atoms with Gasteiger partial charge in [-0.2, -0.15) is 0 Å². The van der Waals surface area contributed by atoms with E-state index in [1.165, 1.54) is 33.4 Å². The highest BCUT2D eigenvalue weighted by atomic mass is 16.2. The molecule has 4 aromatic rings. The Morgan fingerprint density at radius 3 is 1.71 bits per heavy atom. The number of nitrogens with zero attached hydrogens (tertiary/aromatic N) is 2.